The normalized spacial score (nSPS) is 15.2. The van der Waals surface area contributed by atoms with Gasteiger partial charge in [0.05, 0.1) is 17.1 Å². The van der Waals surface area contributed by atoms with Crippen LogP contribution in [0.4, 0.5) is 8.78 Å². The van der Waals surface area contributed by atoms with Gasteiger partial charge in [0.25, 0.3) is 5.91 Å². The van der Waals surface area contributed by atoms with Crippen LogP contribution in [-0.2, 0) is 6.54 Å². The number of benzene rings is 2. The van der Waals surface area contributed by atoms with Crippen molar-refractivity contribution in [2.24, 2.45) is 0 Å². The lowest BCUT2D eigenvalue weighted by atomic mass is 10.1. The van der Waals surface area contributed by atoms with Gasteiger partial charge in [0, 0.05) is 31.7 Å². The Morgan fingerprint density at radius 3 is 2.73 bits per heavy atom. The highest BCUT2D eigenvalue weighted by atomic mass is 35.5. The van der Waals surface area contributed by atoms with Crippen molar-refractivity contribution in [3.63, 3.8) is 0 Å². The van der Waals surface area contributed by atoms with Gasteiger partial charge in [-0.2, -0.15) is 4.98 Å². The molecule has 0 aliphatic carbocycles. The molecule has 2 heterocycles. The zero-order valence-corrected chi connectivity index (χ0v) is 16.8. The Labute approximate surface area is 177 Å². The predicted octanol–water partition coefficient (Wildman–Crippen LogP) is 4.02. The first kappa shape index (κ1) is 20.4. The van der Waals surface area contributed by atoms with Crippen molar-refractivity contribution in [2.45, 2.75) is 13.0 Å². The van der Waals surface area contributed by atoms with E-state index in [-0.39, 0.29) is 16.4 Å². The van der Waals surface area contributed by atoms with Crippen LogP contribution in [0.25, 0.3) is 11.4 Å². The van der Waals surface area contributed by atoms with Crippen LogP contribution >= 0.6 is 11.6 Å². The molecule has 1 fully saturated rings. The third-order valence-electron chi connectivity index (χ3n) is 4.96. The first-order valence-corrected chi connectivity index (χ1v) is 9.93. The molecule has 0 bridgehead atoms. The summed E-state index contributed by atoms with van der Waals surface area (Å²) in [5.41, 5.74) is 0.448. The van der Waals surface area contributed by atoms with Gasteiger partial charge in [-0.3, -0.25) is 9.69 Å². The number of aromatic nitrogens is 2. The lowest BCUT2D eigenvalue weighted by molar-refractivity contribution is 0.0756. The van der Waals surface area contributed by atoms with Crippen LogP contribution in [0.5, 0.6) is 0 Å². The quantitative estimate of drug-likeness (QED) is 0.623. The molecular weight excluding hydrogens is 414 g/mol. The van der Waals surface area contributed by atoms with Crippen LogP contribution in [0, 0.1) is 11.6 Å². The van der Waals surface area contributed by atoms with E-state index < -0.39 is 11.7 Å². The van der Waals surface area contributed by atoms with Crippen molar-refractivity contribution in [1.29, 1.82) is 0 Å². The van der Waals surface area contributed by atoms with Crippen molar-refractivity contribution in [1.82, 2.24) is 19.9 Å². The molecule has 0 radical (unpaired) electrons. The number of carbonyl (C=O) groups excluding carboxylic acids is 1. The average Bonchev–Trinajstić information content (AvgIpc) is 3.06. The number of carbonyl (C=O) groups is 1. The van der Waals surface area contributed by atoms with Gasteiger partial charge >= 0.3 is 0 Å². The third kappa shape index (κ3) is 4.49. The monoisotopic (exact) mass is 432 g/mol. The maximum Gasteiger partial charge on any atom is 0.258 e. The molecule has 4 rings (SSSR count). The molecule has 3 aromatic rings. The van der Waals surface area contributed by atoms with E-state index >= 15 is 0 Å². The van der Waals surface area contributed by atoms with E-state index in [0.717, 1.165) is 0 Å². The average molecular weight is 433 g/mol. The summed E-state index contributed by atoms with van der Waals surface area (Å²) >= 11 is 6.03. The first-order chi connectivity index (χ1) is 14.5. The van der Waals surface area contributed by atoms with Crippen LogP contribution < -0.4 is 0 Å². The summed E-state index contributed by atoms with van der Waals surface area (Å²) in [5.74, 6) is -0.668. The van der Waals surface area contributed by atoms with E-state index in [4.69, 9.17) is 16.1 Å². The Balaban J connectivity index is 1.40. The van der Waals surface area contributed by atoms with Gasteiger partial charge in [0.1, 0.15) is 11.6 Å². The molecule has 0 saturated carbocycles. The molecule has 2 aromatic carbocycles. The largest absolute Gasteiger partial charge is 0.338 e. The Morgan fingerprint density at radius 1 is 1.10 bits per heavy atom. The minimum absolute atomic E-state index is 0.0933. The summed E-state index contributed by atoms with van der Waals surface area (Å²) in [5, 5.41) is 4.03. The van der Waals surface area contributed by atoms with Crippen LogP contribution in [0.2, 0.25) is 5.02 Å². The number of hydrogen-bond acceptors (Lipinski definition) is 5. The van der Waals surface area contributed by atoms with E-state index in [1.165, 1.54) is 30.3 Å². The third-order valence-corrected chi connectivity index (χ3v) is 5.28. The fourth-order valence-corrected chi connectivity index (χ4v) is 3.69. The van der Waals surface area contributed by atoms with Crippen molar-refractivity contribution in [3.8, 4) is 11.4 Å². The summed E-state index contributed by atoms with van der Waals surface area (Å²) in [6.07, 6.45) is 0.711. The maximum atomic E-state index is 14.1. The SMILES string of the molecule is O=C(c1c(F)cccc1Cl)N1CCCN(Cc2nc(-c3cccc(F)c3)no2)CC1. The molecule has 0 unspecified atom stereocenters. The predicted molar refractivity (Wildman–Crippen MR) is 107 cm³/mol. The van der Waals surface area contributed by atoms with Gasteiger partial charge < -0.3 is 9.42 Å². The zero-order chi connectivity index (χ0) is 21.1. The van der Waals surface area contributed by atoms with E-state index in [9.17, 15) is 13.6 Å². The maximum absolute atomic E-state index is 14.1. The van der Waals surface area contributed by atoms with Crippen molar-refractivity contribution >= 4 is 17.5 Å². The second-order valence-electron chi connectivity index (χ2n) is 7.04. The second kappa shape index (κ2) is 8.89. The van der Waals surface area contributed by atoms with Gasteiger partial charge in [-0.1, -0.05) is 35.0 Å². The lowest BCUT2D eigenvalue weighted by Crippen LogP contribution is -2.35. The minimum Gasteiger partial charge on any atom is -0.338 e. The van der Waals surface area contributed by atoms with Crippen molar-refractivity contribution in [2.75, 3.05) is 26.2 Å². The van der Waals surface area contributed by atoms with E-state index in [1.807, 2.05) is 0 Å². The fourth-order valence-electron chi connectivity index (χ4n) is 3.45. The molecule has 0 N–H and O–H groups in total. The highest BCUT2D eigenvalue weighted by Crippen LogP contribution is 2.22. The lowest BCUT2D eigenvalue weighted by Gasteiger charge is -2.22. The molecule has 1 aliphatic heterocycles. The zero-order valence-electron chi connectivity index (χ0n) is 16.0. The summed E-state index contributed by atoms with van der Waals surface area (Å²) in [4.78, 5) is 20.8. The Hall–Kier alpha value is -2.84. The smallest absolute Gasteiger partial charge is 0.258 e. The fraction of sp³-hybridized carbons (Fsp3) is 0.286. The number of rotatable bonds is 4. The Kier molecular flexibility index (Phi) is 6.06. The molecule has 30 heavy (non-hydrogen) atoms. The molecule has 1 aliphatic rings. The molecule has 0 atom stereocenters. The van der Waals surface area contributed by atoms with E-state index in [0.29, 0.717) is 56.4 Å². The van der Waals surface area contributed by atoms with Crippen molar-refractivity contribution in [3.05, 3.63) is 70.6 Å². The molecule has 1 aromatic heterocycles. The molecule has 9 heteroatoms. The van der Waals surface area contributed by atoms with Gasteiger partial charge in [0.2, 0.25) is 11.7 Å². The standard InChI is InChI=1S/C21H19ClF2N4O2/c22-16-6-2-7-17(24)19(16)21(29)28-9-3-8-27(10-11-28)13-18-25-20(26-30-18)14-4-1-5-15(23)12-14/h1-2,4-7,12H,3,8-11,13H2. The number of hydrogen-bond donors (Lipinski definition) is 0. The van der Waals surface area contributed by atoms with Gasteiger partial charge in [-0.25, -0.2) is 8.78 Å². The van der Waals surface area contributed by atoms with Crippen LogP contribution in [0.15, 0.2) is 47.0 Å². The Bertz CT molecular complexity index is 1040. The highest BCUT2D eigenvalue weighted by Gasteiger charge is 2.25. The van der Waals surface area contributed by atoms with Crippen LogP contribution in [0.3, 0.4) is 0 Å². The summed E-state index contributed by atoms with van der Waals surface area (Å²) in [6.45, 7) is 2.61. The first-order valence-electron chi connectivity index (χ1n) is 9.55. The van der Waals surface area contributed by atoms with Crippen LogP contribution in [-0.4, -0.2) is 52.0 Å². The van der Waals surface area contributed by atoms with Gasteiger partial charge in [0.15, 0.2) is 0 Å². The van der Waals surface area contributed by atoms with Gasteiger partial charge in [-0.05, 0) is 30.7 Å². The summed E-state index contributed by atoms with van der Waals surface area (Å²) in [7, 11) is 0. The summed E-state index contributed by atoms with van der Waals surface area (Å²) < 4.78 is 32.8. The molecule has 0 spiro atoms. The number of halogens is 3. The summed E-state index contributed by atoms with van der Waals surface area (Å²) in [6, 6.07) is 10.2. The van der Waals surface area contributed by atoms with Crippen molar-refractivity contribution < 1.29 is 18.1 Å². The van der Waals surface area contributed by atoms with E-state index in [2.05, 4.69) is 15.0 Å². The Morgan fingerprint density at radius 2 is 1.93 bits per heavy atom. The van der Waals surface area contributed by atoms with E-state index in [1.54, 1.807) is 17.0 Å². The second-order valence-corrected chi connectivity index (χ2v) is 7.45. The number of nitrogens with zero attached hydrogens (tertiary/aromatic N) is 4. The molecule has 156 valence electrons. The van der Waals surface area contributed by atoms with Crippen LogP contribution in [0.1, 0.15) is 22.7 Å². The van der Waals surface area contributed by atoms with Gasteiger partial charge in [-0.15, -0.1) is 0 Å². The molecule has 1 saturated heterocycles. The highest BCUT2D eigenvalue weighted by molar-refractivity contribution is 6.33. The molecule has 6 nitrogen and oxygen atoms in total. The molecule has 1 amide bonds. The topological polar surface area (TPSA) is 62.5 Å². The minimum atomic E-state index is -0.621. The molecular formula is C21H19ClF2N4O2. The number of amides is 1.